The van der Waals surface area contributed by atoms with E-state index in [9.17, 15) is 4.79 Å². The molecule has 1 atom stereocenters. The topological polar surface area (TPSA) is 71.3 Å². The molecular formula is C22H26N2O3. The molecule has 0 aliphatic rings. The molecule has 1 amide bonds. The van der Waals surface area contributed by atoms with E-state index in [1.807, 2.05) is 36.4 Å². The van der Waals surface area contributed by atoms with Gasteiger partial charge >= 0.3 is 0 Å². The standard InChI is InChI=1S/C22H26N2O3/c1-4-17(5-2)22(18-9-7-6-8-10-18)24-21(25)15-27-19-12-11-16(14-23)13-20(19)26-3/h6-13,17,22H,4-5,15H2,1-3H3,(H,24,25). The molecule has 0 bridgehead atoms. The SMILES string of the molecule is CCC(CC)C(NC(=O)COc1ccc(C#N)cc1OC)c1ccccc1. The van der Waals surface area contributed by atoms with Gasteiger partial charge in [0.25, 0.3) is 5.91 Å². The Hall–Kier alpha value is -3.00. The molecule has 0 fully saturated rings. The Kier molecular flexibility index (Phi) is 7.69. The predicted octanol–water partition coefficient (Wildman–Crippen LogP) is 4.24. The average molecular weight is 366 g/mol. The molecule has 0 spiro atoms. The summed E-state index contributed by atoms with van der Waals surface area (Å²) in [4.78, 5) is 12.5. The molecule has 1 N–H and O–H groups in total. The fourth-order valence-corrected chi connectivity index (χ4v) is 3.11. The van der Waals surface area contributed by atoms with Gasteiger partial charge in [0.1, 0.15) is 0 Å². The van der Waals surface area contributed by atoms with E-state index < -0.39 is 0 Å². The second-order valence-electron chi connectivity index (χ2n) is 6.30. The number of benzene rings is 2. The summed E-state index contributed by atoms with van der Waals surface area (Å²) >= 11 is 0. The number of rotatable bonds is 9. The Morgan fingerprint density at radius 3 is 2.41 bits per heavy atom. The number of hydrogen-bond acceptors (Lipinski definition) is 4. The van der Waals surface area contributed by atoms with Gasteiger partial charge in [0.2, 0.25) is 0 Å². The fraction of sp³-hybridized carbons (Fsp3) is 0.364. The Balaban J connectivity index is 2.07. The number of amides is 1. The summed E-state index contributed by atoms with van der Waals surface area (Å²) in [5, 5.41) is 12.1. The Morgan fingerprint density at radius 2 is 1.81 bits per heavy atom. The number of ether oxygens (including phenoxy) is 2. The van der Waals surface area contributed by atoms with Crippen LogP contribution in [0.4, 0.5) is 0 Å². The van der Waals surface area contributed by atoms with Crippen molar-refractivity contribution < 1.29 is 14.3 Å². The third kappa shape index (κ3) is 5.49. The first-order valence-electron chi connectivity index (χ1n) is 9.18. The van der Waals surface area contributed by atoms with Crippen LogP contribution in [-0.4, -0.2) is 19.6 Å². The van der Waals surface area contributed by atoms with Crippen LogP contribution in [0.1, 0.15) is 43.9 Å². The van der Waals surface area contributed by atoms with Gasteiger partial charge in [-0.15, -0.1) is 0 Å². The van der Waals surface area contributed by atoms with Crippen molar-refractivity contribution in [3.63, 3.8) is 0 Å². The molecule has 5 heteroatoms. The molecule has 0 aliphatic heterocycles. The number of methoxy groups -OCH3 is 1. The molecule has 0 heterocycles. The van der Waals surface area contributed by atoms with E-state index in [-0.39, 0.29) is 18.6 Å². The highest BCUT2D eigenvalue weighted by Crippen LogP contribution is 2.29. The Morgan fingerprint density at radius 1 is 1.11 bits per heavy atom. The van der Waals surface area contributed by atoms with E-state index in [2.05, 4.69) is 19.2 Å². The van der Waals surface area contributed by atoms with Crippen molar-refractivity contribution in [3.05, 3.63) is 59.7 Å². The molecule has 2 aromatic rings. The van der Waals surface area contributed by atoms with Crippen molar-refractivity contribution in [2.75, 3.05) is 13.7 Å². The van der Waals surface area contributed by atoms with Crippen LogP contribution in [0.5, 0.6) is 11.5 Å². The van der Waals surface area contributed by atoms with Crippen LogP contribution in [-0.2, 0) is 4.79 Å². The maximum absolute atomic E-state index is 12.5. The second kappa shape index (κ2) is 10.2. The summed E-state index contributed by atoms with van der Waals surface area (Å²) in [7, 11) is 1.50. The van der Waals surface area contributed by atoms with E-state index in [1.54, 1.807) is 18.2 Å². The van der Waals surface area contributed by atoms with Gasteiger partial charge in [0.15, 0.2) is 18.1 Å². The minimum absolute atomic E-state index is 0.0554. The third-order valence-corrected chi connectivity index (χ3v) is 4.65. The van der Waals surface area contributed by atoms with E-state index in [1.165, 1.54) is 7.11 Å². The lowest BCUT2D eigenvalue weighted by Crippen LogP contribution is -2.36. The van der Waals surface area contributed by atoms with Crippen LogP contribution in [0.2, 0.25) is 0 Å². The molecule has 27 heavy (non-hydrogen) atoms. The zero-order valence-corrected chi connectivity index (χ0v) is 16.1. The summed E-state index contributed by atoms with van der Waals surface area (Å²) in [5.41, 5.74) is 1.57. The first kappa shape index (κ1) is 20.3. The largest absolute Gasteiger partial charge is 0.493 e. The fourth-order valence-electron chi connectivity index (χ4n) is 3.11. The summed E-state index contributed by atoms with van der Waals surface area (Å²) in [6.07, 6.45) is 1.95. The predicted molar refractivity (Wildman–Crippen MR) is 105 cm³/mol. The zero-order chi connectivity index (χ0) is 19.6. The van der Waals surface area contributed by atoms with Gasteiger partial charge in [-0.1, -0.05) is 57.0 Å². The van der Waals surface area contributed by atoms with Crippen LogP contribution < -0.4 is 14.8 Å². The monoisotopic (exact) mass is 366 g/mol. The highest BCUT2D eigenvalue weighted by atomic mass is 16.5. The van der Waals surface area contributed by atoms with Crippen molar-refractivity contribution in [3.8, 4) is 17.6 Å². The van der Waals surface area contributed by atoms with Crippen molar-refractivity contribution in [1.29, 1.82) is 5.26 Å². The molecule has 0 saturated heterocycles. The zero-order valence-electron chi connectivity index (χ0n) is 16.1. The molecule has 2 rings (SSSR count). The number of nitriles is 1. The third-order valence-electron chi connectivity index (χ3n) is 4.65. The maximum Gasteiger partial charge on any atom is 0.258 e. The van der Waals surface area contributed by atoms with Crippen LogP contribution in [0.25, 0.3) is 0 Å². The molecule has 0 aliphatic carbocycles. The van der Waals surface area contributed by atoms with E-state index in [0.717, 1.165) is 18.4 Å². The van der Waals surface area contributed by atoms with Crippen molar-refractivity contribution >= 4 is 5.91 Å². The van der Waals surface area contributed by atoms with Crippen molar-refractivity contribution in [2.45, 2.75) is 32.7 Å². The van der Waals surface area contributed by atoms with Gasteiger partial charge in [-0.05, 0) is 23.6 Å². The first-order chi connectivity index (χ1) is 13.1. The maximum atomic E-state index is 12.5. The van der Waals surface area contributed by atoms with E-state index in [0.29, 0.717) is 23.0 Å². The van der Waals surface area contributed by atoms with Crippen molar-refractivity contribution in [2.24, 2.45) is 5.92 Å². The lowest BCUT2D eigenvalue weighted by Gasteiger charge is -2.27. The van der Waals surface area contributed by atoms with Crippen LogP contribution >= 0.6 is 0 Å². The highest BCUT2D eigenvalue weighted by Gasteiger charge is 2.22. The highest BCUT2D eigenvalue weighted by molar-refractivity contribution is 5.78. The Bertz CT molecular complexity index is 780. The van der Waals surface area contributed by atoms with Gasteiger partial charge < -0.3 is 14.8 Å². The minimum Gasteiger partial charge on any atom is -0.493 e. The molecular weight excluding hydrogens is 340 g/mol. The molecule has 0 radical (unpaired) electrons. The van der Waals surface area contributed by atoms with Gasteiger partial charge in [-0.2, -0.15) is 5.26 Å². The molecule has 0 aromatic heterocycles. The number of carbonyl (C=O) groups excluding carboxylic acids is 1. The molecule has 1 unspecified atom stereocenters. The minimum atomic E-state index is -0.192. The molecule has 0 saturated carbocycles. The van der Waals surface area contributed by atoms with Crippen LogP contribution in [0, 0.1) is 17.2 Å². The normalized spacial score (nSPS) is 11.5. The first-order valence-corrected chi connectivity index (χ1v) is 9.18. The summed E-state index contributed by atoms with van der Waals surface area (Å²) in [6, 6.07) is 16.9. The lowest BCUT2D eigenvalue weighted by atomic mass is 9.89. The van der Waals surface area contributed by atoms with Crippen molar-refractivity contribution in [1.82, 2.24) is 5.32 Å². The molecule has 5 nitrogen and oxygen atoms in total. The molecule has 142 valence electrons. The van der Waals surface area contributed by atoms with Gasteiger partial charge in [0, 0.05) is 6.07 Å². The van der Waals surface area contributed by atoms with E-state index in [4.69, 9.17) is 14.7 Å². The summed E-state index contributed by atoms with van der Waals surface area (Å²) < 4.78 is 10.9. The number of carbonyl (C=O) groups is 1. The summed E-state index contributed by atoms with van der Waals surface area (Å²) in [6.45, 7) is 4.15. The second-order valence-corrected chi connectivity index (χ2v) is 6.30. The van der Waals surface area contributed by atoms with E-state index >= 15 is 0 Å². The van der Waals surface area contributed by atoms with Gasteiger partial charge in [-0.25, -0.2) is 0 Å². The van der Waals surface area contributed by atoms with Crippen LogP contribution in [0.15, 0.2) is 48.5 Å². The van der Waals surface area contributed by atoms with Crippen LogP contribution in [0.3, 0.4) is 0 Å². The number of hydrogen-bond donors (Lipinski definition) is 1. The van der Waals surface area contributed by atoms with Gasteiger partial charge in [-0.3, -0.25) is 4.79 Å². The average Bonchev–Trinajstić information content (AvgIpc) is 2.72. The number of nitrogens with zero attached hydrogens (tertiary/aromatic N) is 1. The number of nitrogens with one attached hydrogen (secondary N) is 1. The Labute approximate surface area is 160 Å². The van der Waals surface area contributed by atoms with Gasteiger partial charge in [0.05, 0.1) is 24.8 Å². The summed E-state index contributed by atoms with van der Waals surface area (Å²) in [5.74, 6) is 1.02. The lowest BCUT2D eigenvalue weighted by molar-refractivity contribution is -0.124. The quantitative estimate of drug-likeness (QED) is 0.720. The molecule has 2 aromatic carbocycles. The smallest absolute Gasteiger partial charge is 0.258 e.